The van der Waals surface area contributed by atoms with Gasteiger partial charge in [-0.2, -0.15) is 11.3 Å². The van der Waals surface area contributed by atoms with Crippen molar-refractivity contribution < 1.29 is 9.66 Å². The van der Waals surface area contributed by atoms with Crippen LogP contribution in [0.25, 0.3) is 0 Å². The number of thiophene rings is 1. The first kappa shape index (κ1) is 14.5. The Labute approximate surface area is 121 Å². The molecule has 0 aliphatic heterocycles. The van der Waals surface area contributed by atoms with Gasteiger partial charge < -0.3 is 10.1 Å². The predicted octanol–water partition coefficient (Wildman–Crippen LogP) is 3.00. The highest BCUT2D eigenvalue weighted by atomic mass is 32.1. The average Bonchev–Trinajstić information content (AvgIpc) is 2.92. The molecule has 0 aliphatic rings. The van der Waals surface area contributed by atoms with Crippen molar-refractivity contribution in [1.29, 1.82) is 0 Å². The fraction of sp³-hybridized carbons (Fsp3) is 0.286. The highest BCUT2D eigenvalue weighted by Crippen LogP contribution is 2.28. The molecule has 5 nitrogen and oxygen atoms in total. The van der Waals surface area contributed by atoms with E-state index in [9.17, 15) is 10.1 Å². The van der Waals surface area contributed by atoms with Crippen molar-refractivity contribution in [2.45, 2.75) is 13.0 Å². The summed E-state index contributed by atoms with van der Waals surface area (Å²) in [5, 5.41) is 18.1. The van der Waals surface area contributed by atoms with E-state index >= 15 is 0 Å². The zero-order valence-corrected chi connectivity index (χ0v) is 12.0. The molecule has 0 fully saturated rings. The third kappa shape index (κ3) is 3.79. The van der Waals surface area contributed by atoms with Gasteiger partial charge in [0.25, 0.3) is 0 Å². The van der Waals surface area contributed by atoms with Crippen molar-refractivity contribution in [2.24, 2.45) is 0 Å². The van der Waals surface area contributed by atoms with Gasteiger partial charge in [-0.05, 0) is 41.1 Å². The second-order valence-corrected chi connectivity index (χ2v) is 5.10. The minimum absolute atomic E-state index is 0.00942. The summed E-state index contributed by atoms with van der Waals surface area (Å²) in [5.41, 5.74) is 2.16. The van der Waals surface area contributed by atoms with Crippen LogP contribution in [0.1, 0.15) is 11.1 Å². The van der Waals surface area contributed by atoms with Crippen LogP contribution >= 0.6 is 11.3 Å². The molecule has 20 heavy (non-hydrogen) atoms. The van der Waals surface area contributed by atoms with Crippen molar-refractivity contribution in [1.82, 2.24) is 5.32 Å². The molecule has 0 atom stereocenters. The van der Waals surface area contributed by atoms with Gasteiger partial charge in [0, 0.05) is 19.0 Å². The summed E-state index contributed by atoms with van der Waals surface area (Å²) >= 11 is 1.63. The van der Waals surface area contributed by atoms with Crippen LogP contribution in [-0.4, -0.2) is 18.6 Å². The predicted molar refractivity (Wildman–Crippen MR) is 79.4 cm³/mol. The van der Waals surface area contributed by atoms with Crippen LogP contribution in [0.2, 0.25) is 0 Å². The Hall–Kier alpha value is -1.92. The number of ether oxygens (including phenoxy) is 1. The summed E-state index contributed by atoms with van der Waals surface area (Å²) in [6.45, 7) is 1.08. The molecule has 0 unspecified atom stereocenters. The molecule has 0 radical (unpaired) electrons. The van der Waals surface area contributed by atoms with E-state index in [-0.39, 0.29) is 5.69 Å². The first-order chi connectivity index (χ1) is 9.70. The second kappa shape index (κ2) is 7.02. The summed E-state index contributed by atoms with van der Waals surface area (Å²) in [6, 6.07) is 6.98. The molecule has 2 rings (SSSR count). The van der Waals surface area contributed by atoms with E-state index in [0.29, 0.717) is 18.9 Å². The first-order valence-electron chi connectivity index (χ1n) is 6.26. The number of nitrogens with one attached hydrogen (secondary N) is 1. The maximum absolute atomic E-state index is 11.0. The van der Waals surface area contributed by atoms with Crippen molar-refractivity contribution in [2.75, 3.05) is 13.7 Å². The maximum atomic E-state index is 11.0. The summed E-state index contributed by atoms with van der Waals surface area (Å²) in [5.74, 6) is 0.331. The van der Waals surface area contributed by atoms with Crippen LogP contribution in [0.5, 0.6) is 5.75 Å². The largest absolute Gasteiger partial charge is 0.486 e. The lowest BCUT2D eigenvalue weighted by atomic mass is 10.2. The average molecular weight is 292 g/mol. The minimum atomic E-state index is -0.414. The molecule has 6 heteroatoms. The van der Waals surface area contributed by atoms with E-state index in [1.165, 1.54) is 11.6 Å². The Morgan fingerprint density at radius 1 is 1.35 bits per heavy atom. The van der Waals surface area contributed by atoms with E-state index < -0.39 is 4.92 Å². The minimum Gasteiger partial charge on any atom is -0.486 e. The summed E-state index contributed by atoms with van der Waals surface area (Å²) in [6.07, 6.45) is 0.747. The fourth-order valence-corrected chi connectivity index (χ4v) is 2.56. The van der Waals surface area contributed by atoms with Gasteiger partial charge in [-0.1, -0.05) is 6.07 Å². The summed E-state index contributed by atoms with van der Waals surface area (Å²) < 4.78 is 5.59. The van der Waals surface area contributed by atoms with Crippen LogP contribution in [0.3, 0.4) is 0 Å². The van der Waals surface area contributed by atoms with Crippen LogP contribution in [0.15, 0.2) is 35.0 Å². The van der Waals surface area contributed by atoms with Crippen molar-refractivity contribution in [3.63, 3.8) is 0 Å². The Balaban J connectivity index is 2.06. The van der Waals surface area contributed by atoms with Gasteiger partial charge in [-0.15, -0.1) is 0 Å². The van der Waals surface area contributed by atoms with E-state index in [0.717, 1.165) is 12.0 Å². The monoisotopic (exact) mass is 292 g/mol. The molecule has 0 amide bonds. The number of benzene rings is 1. The molecule has 1 heterocycles. The highest BCUT2D eigenvalue weighted by molar-refractivity contribution is 7.07. The molecule has 0 aliphatic carbocycles. The number of hydrogen-bond donors (Lipinski definition) is 1. The quantitative estimate of drug-likeness (QED) is 0.629. The number of rotatable bonds is 7. The number of nitrogens with zero attached hydrogens (tertiary/aromatic N) is 1. The number of hydrogen-bond acceptors (Lipinski definition) is 5. The van der Waals surface area contributed by atoms with Crippen molar-refractivity contribution in [3.8, 4) is 5.75 Å². The Kier molecular flexibility index (Phi) is 5.09. The molecule has 1 aromatic carbocycles. The fourth-order valence-electron chi connectivity index (χ4n) is 1.85. The van der Waals surface area contributed by atoms with Gasteiger partial charge in [-0.25, -0.2) is 0 Å². The lowest BCUT2D eigenvalue weighted by Gasteiger charge is -2.08. The van der Waals surface area contributed by atoms with Gasteiger partial charge in [0.2, 0.25) is 0 Å². The van der Waals surface area contributed by atoms with Gasteiger partial charge in [0.1, 0.15) is 0 Å². The molecular weight excluding hydrogens is 276 g/mol. The molecule has 1 aromatic heterocycles. The van der Waals surface area contributed by atoms with Crippen molar-refractivity contribution in [3.05, 3.63) is 56.3 Å². The van der Waals surface area contributed by atoms with Crippen molar-refractivity contribution >= 4 is 17.0 Å². The Bertz CT molecular complexity index is 570. The van der Waals surface area contributed by atoms with Gasteiger partial charge in [0.15, 0.2) is 5.75 Å². The van der Waals surface area contributed by atoms with Crippen LogP contribution < -0.4 is 10.1 Å². The van der Waals surface area contributed by atoms with Crippen LogP contribution in [0.4, 0.5) is 5.69 Å². The normalized spacial score (nSPS) is 10.4. The first-order valence-corrected chi connectivity index (χ1v) is 7.21. The lowest BCUT2D eigenvalue weighted by molar-refractivity contribution is -0.385. The molecule has 0 saturated carbocycles. The highest BCUT2D eigenvalue weighted by Gasteiger charge is 2.15. The Morgan fingerprint density at radius 3 is 2.85 bits per heavy atom. The smallest absolute Gasteiger partial charge is 0.310 e. The number of nitro groups is 1. The van der Waals surface area contributed by atoms with Gasteiger partial charge in [0.05, 0.1) is 11.5 Å². The lowest BCUT2D eigenvalue weighted by Crippen LogP contribution is -2.07. The van der Waals surface area contributed by atoms with E-state index in [1.807, 2.05) is 18.5 Å². The Morgan fingerprint density at radius 2 is 2.20 bits per heavy atom. The number of nitro benzene ring substituents is 1. The standard InChI is InChI=1S/C14H16N2O3S/c1-15-9-12-2-3-13(16(17)18)14(8-12)19-6-4-11-5-7-20-10-11/h2-3,5,7-8,10,15H,4,6,9H2,1H3. The molecule has 1 N–H and O–H groups in total. The molecule has 0 saturated heterocycles. The summed E-state index contributed by atoms with van der Waals surface area (Å²) in [7, 11) is 1.83. The van der Waals surface area contributed by atoms with Crippen LogP contribution in [-0.2, 0) is 13.0 Å². The zero-order chi connectivity index (χ0) is 14.4. The maximum Gasteiger partial charge on any atom is 0.310 e. The molecule has 0 spiro atoms. The van der Waals surface area contributed by atoms with E-state index in [2.05, 4.69) is 10.7 Å². The summed E-state index contributed by atoms with van der Waals surface area (Å²) in [4.78, 5) is 10.6. The molecule has 2 aromatic rings. The van der Waals surface area contributed by atoms with Gasteiger partial charge >= 0.3 is 5.69 Å². The third-order valence-electron chi connectivity index (χ3n) is 2.83. The van der Waals surface area contributed by atoms with E-state index in [4.69, 9.17) is 4.74 Å². The SMILES string of the molecule is CNCc1ccc([N+](=O)[O-])c(OCCc2ccsc2)c1. The molecular formula is C14H16N2O3S. The second-order valence-electron chi connectivity index (χ2n) is 4.32. The van der Waals surface area contributed by atoms with Gasteiger partial charge in [-0.3, -0.25) is 10.1 Å². The topological polar surface area (TPSA) is 64.4 Å². The molecule has 106 valence electrons. The molecule has 0 bridgehead atoms. The zero-order valence-electron chi connectivity index (χ0n) is 11.2. The van der Waals surface area contributed by atoms with Crippen LogP contribution in [0, 0.1) is 10.1 Å². The van der Waals surface area contributed by atoms with E-state index in [1.54, 1.807) is 23.5 Å². The third-order valence-corrected chi connectivity index (χ3v) is 3.56.